The molecule has 7 nitrogen and oxygen atoms in total. The van der Waals surface area contributed by atoms with Crippen molar-refractivity contribution in [3.63, 3.8) is 0 Å². The van der Waals surface area contributed by atoms with E-state index in [4.69, 9.17) is 0 Å². The summed E-state index contributed by atoms with van der Waals surface area (Å²) in [6.07, 6.45) is 2.55. The molecule has 0 aliphatic heterocycles. The molecular weight excluding hydrogens is 290 g/mol. The fraction of sp³-hybridized carbons (Fsp3) is 0.769. The molecule has 0 amide bonds. The molecule has 0 aromatic carbocycles. The van der Waals surface area contributed by atoms with Gasteiger partial charge in [0.15, 0.2) is 5.03 Å². The molecule has 122 valence electrons. The number of aromatic nitrogens is 2. The van der Waals surface area contributed by atoms with Gasteiger partial charge in [-0.1, -0.05) is 6.92 Å². The maximum atomic E-state index is 12.3. The van der Waals surface area contributed by atoms with Gasteiger partial charge in [-0.25, -0.2) is 13.1 Å². The standard InChI is InChI=1S/C13H27N5O2S/c1-5-6-14-9-12-10-15-17-13(12)21(19,20)16-7-8-18(4)11(2)3/h10-11,14,16H,5-9H2,1-4H3,(H,15,17). The number of hydrogen-bond acceptors (Lipinski definition) is 5. The van der Waals surface area contributed by atoms with E-state index in [-0.39, 0.29) is 5.03 Å². The lowest BCUT2D eigenvalue weighted by Gasteiger charge is -2.20. The number of H-pyrrole nitrogens is 1. The summed E-state index contributed by atoms with van der Waals surface area (Å²) in [5, 5.41) is 9.75. The highest BCUT2D eigenvalue weighted by atomic mass is 32.2. The molecule has 1 rings (SSSR count). The van der Waals surface area contributed by atoms with Crippen LogP contribution in [0.3, 0.4) is 0 Å². The van der Waals surface area contributed by atoms with Crippen LogP contribution >= 0.6 is 0 Å². The zero-order valence-corrected chi connectivity index (χ0v) is 14.1. The van der Waals surface area contributed by atoms with Crippen LogP contribution in [-0.2, 0) is 16.6 Å². The lowest BCUT2D eigenvalue weighted by atomic mass is 10.3. The lowest BCUT2D eigenvalue weighted by molar-refractivity contribution is 0.278. The highest BCUT2D eigenvalue weighted by molar-refractivity contribution is 7.89. The van der Waals surface area contributed by atoms with Crippen molar-refractivity contribution in [1.82, 2.24) is 25.1 Å². The number of likely N-dealkylation sites (N-methyl/N-ethyl adjacent to an activating group) is 1. The van der Waals surface area contributed by atoms with Crippen molar-refractivity contribution in [2.45, 2.75) is 44.8 Å². The van der Waals surface area contributed by atoms with Crippen molar-refractivity contribution in [3.8, 4) is 0 Å². The molecule has 0 spiro atoms. The Morgan fingerprint density at radius 1 is 1.38 bits per heavy atom. The van der Waals surface area contributed by atoms with E-state index in [0.29, 0.717) is 31.2 Å². The van der Waals surface area contributed by atoms with E-state index in [1.807, 2.05) is 7.05 Å². The summed E-state index contributed by atoms with van der Waals surface area (Å²) in [5.74, 6) is 0. The molecule has 0 fully saturated rings. The van der Waals surface area contributed by atoms with E-state index in [2.05, 4.69) is 45.9 Å². The van der Waals surface area contributed by atoms with E-state index < -0.39 is 10.0 Å². The summed E-state index contributed by atoms with van der Waals surface area (Å²) in [6, 6.07) is 0.385. The highest BCUT2D eigenvalue weighted by Crippen LogP contribution is 2.11. The molecule has 0 saturated heterocycles. The highest BCUT2D eigenvalue weighted by Gasteiger charge is 2.20. The number of aromatic amines is 1. The van der Waals surface area contributed by atoms with Crippen LogP contribution in [0.4, 0.5) is 0 Å². The van der Waals surface area contributed by atoms with Gasteiger partial charge in [0.25, 0.3) is 10.0 Å². The Morgan fingerprint density at radius 3 is 2.71 bits per heavy atom. The van der Waals surface area contributed by atoms with Crippen molar-refractivity contribution in [3.05, 3.63) is 11.8 Å². The van der Waals surface area contributed by atoms with E-state index in [1.165, 1.54) is 0 Å². The van der Waals surface area contributed by atoms with Gasteiger partial charge >= 0.3 is 0 Å². The molecular formula is C13H27N5O2S. The molecule has 21 heavy (non-hydrogen) atoms. The summed E-state index contributed by atoms with van der Waals surface area (Å²) in [4.78, 5) is 2.08. The van der Waals surface area contributed by atoms with Gasteiger partial charge in [-0.3, -0.25) is 5.10 Å². The summed E-state index contributed by atoms with van der Waals surface area (Å²) < 4.78 is 27.1. The molecule has 0 radical (unpaired) electrons. The Labute approximate surface area is 127 Å². The largest absolute Gasteiger partial charge is 0.313 e. The van der Waals surface area contributed by atoms with Crippen LogP contribution in [0, 0.1) is 0 Å². The van der Waals surface area contributed by atoms with E-state index >= 15 is 0 Å². The van der Waals surface area contributed by atoms with Gasteiger partial charge < -0.3 is 10.2 Å². The first-order chi connectivity index (χ1) is 9.88. The number of rotatable bonds is 10. The lowest BCUT2D eigenvalue weighted by Crippen LogP contribution is -2.36. The molecule has 3 N–H and O–H groups in total. The minimum absolute atomic E-state index is 0.151. The fourth-order valence-electron chi connectivity index (χ4n) is 1.74. The van der Waals surface area contributed by atoms with E-state index in [1.54, 1.807) is 6.20 Å². The molecule has 1 heterocycles. The molecule has 8 heteroatoms. The predicted octanol–water partition coefficient (Wildman–Crippen LogP) is 0.528. The first-order valence-electron chi connectivity index (χ1n) is 7.31. The number of hydrogen-bond donors (Lipinski definition) is 3. The van der Waals surface area contributed by atoms with E-state index in [0.717, 1.165) is 13.0 Å². The predicted molar refractivity (Wildman–Crippen MR) is 83.5 cm³/mol. The Kier molecular flexibility index (Phi) is 7.30. The van der Waals surface area contributed by atoms with Gasteiger partial charge in [-0.2, -0.15) is 5.10 Å². The Bertz CT molecular complexity index is 512. The Morgan fingerprint density at radius 2 is 2.10 bits per heavy atom. The molecule has 0 aliphatic carbocycles. The fourth-order valence-corrected chi connectivity index (χ4v) is 2.89. The minimum atomic E-state index is -3.54. The van der Waals surface area contributed by atoms with Gasteiger partial charge in [0, 0.05) is 31.2 Å². The third-order valence-electron chi connectivity index (χ3n) is 3.33. The second kappa shape index (κ2) is 8.47. The van der Waals surface area contributed by atoms with Crippen molar-refractivity contribution < 1.29 is 8.42 Å². The number of sulfonamides is 1. The van der Waals surface area contributed by atoms with Gasteiger partial charge in [0.1, 0.15) is 0 Å². The average Bonchev–Trinajstić information content (AvgIpc) is 2.88. The molecule has 0 atom stereocenters. The molecule has 0 aliphatic rings. The molecule has 1 aromatic rings. The van der Waals surface area contributed by atoms with Crippen LogP contribution < -0.4 is 10.0 Å². The molecule has 1 aromatic heterocycles. The first-order valence-corrected chi connectivity index (χ1v) is 8.79. The Hall–Kier alpha value is -0.960. The maximum Gasteiger partial charge on any atom is 0.257 e. The second-order valence-electron chi connectivity index (χ2n) is 5.37. The van der Waals surface area contributed by atoms with Gasteiger partial charge in [0.05, 0.1) is 6.20 Å². The van der Waals surface area contributed by atoms with Crippen LogP contribution in [0.1, 0.15) is 32.8 Å². The number of nitrogens with one attached hydrogen (secondary N) is 3. The van der Waals surface area contributed by atoms with Crippen molar-refractivity contribution in [2.24, 2.45) is 0 Å². The normalized spacial score (nSPS) is 12.5. The molecule has 0 saturated carbocycles. The number of nitrogens with zero attached hydrogens (tertiary/aromatic N) is 2. The van der Waals surface area contributed by atoms with Crippen LogP contribution in [0.5, 0.6) is 0 Å². The van der Waals surface area contributed by atoms with Crippen molar-refractivity contribution >= 4 is 10.0 Å². The quantitative estimate of drug-likeness (QED) is 0.548. The maximum absolute atomic E-state index is 12.3. The van der Waals surface area contributed by atoms with Gasteiger partial charge in [-0.05, 0) is 33.9 Å². The minimum Gasteiger partial charge on any atom is -0.313 e. The average molecular weight is 317 g/mol. The van der Waals surface area contributed by atoms with Crippen LogP contribution in [0.2, 0.25) is 0 Å². The van der Waals surface area contributed by atoms with Crippen molar-refractivity contribution in [2.75, 3.05) is 26.7 Å². The monoisotopic (exact) mass is 317 g/mol. The molecule has 0 bridgehead atoms. The third-order valence-corrected chi connectivity index (χ3v) is 4.80. The van der Waals surface area contributed by atoms with Crippen LogP contribution in [-0.4, -0.2) is 56.2 Å². The van der Waals surface area contributed by atoms with Crippen LogP contribution in [0.25, 0.3) is 0 Å². The van der Waals surface area contributed by atoms with Crippen LogP contribution in [0.15, 0.2) is 11.2 Å². The summed E-state index contributed by atoms with van der Waals surface area (Å²) in [7, 11) is -1.57. The smallest absolute Gasteiger partial charge is 0.257 e. The summed E-state index contributed by atoms with van der Waals surface area (Å²) in [6.45, 7) is 8.57. The topological polar surface area (TPSA) is 90.1 Å². The van der Waals surface area contributed by atoms with Crippen molar-refractivity contribution in [1.29, 1.82) is 0 Å². The zero-order valence-electron chi connectivity index (χ0n) is 13.3. The first kappa shape index (κ1) is 18.1. The Balaban J connectivity index is 2.60. The molecule has 0 unspecified atom stereocenters. The SMILES string of the molecule is CCCNCc1cn[nH]c1S(=O)(=O)NCCN(C)C(C)C. The summed E-state index contributed by atoms with van der Waals surface area (Å²) in [5.41, 5.74) is 0.660. The summed E-state index contributed by atoms with van der Waals surface area (Å²) >= 11 is 0. The second-order valence-corrected chi connectivity index (χ2v) is 7.08. The third kappa shape index (κ3) is 5.74. The van der Waals surface area contributed by atoms with E-state index in [9.17, 15) is 8.42 Å². The van der Waals surface area contributed by atoms with Gasteiger partial charge in [0.2, 0.25) is 0 Å². The zero-order chi connectivity index (χ0) is 15.9. The van der Waals surface area contributed by atoms with Gasteiger partial charge in [-0.15, -0.1) is 0 Å².